The first-order chi connectivity index (χ1) is 9.41. The maximum Gasteiger partial charge on any atom is 0.124 e. The molecule has 1 heterocycles. The van der Waals surface area contributed by atoms with Gasteiger partial charge in [0.05, 0.1) is 5.60 Å². The van der Waals surface area contributed by atoms with Crippen LogP contribution < -0.4 is 10.6 Å². The molecule has 0 bridgehead atoms. The highest BCUT2D eigenvalue weighted by molar-refractivity contribution is 7.80. The van der Waals surface area contributed by atoms with Crippen LogP contribution in [0, 0.1) is 5.82 Å². The molecular weight excluding hydrogens is 279 g/mol. The zero-order chi connectivity index (χ0) is 14.8. The van der Waals surface area contributed by atoms with Crippen molar-refractivity contribution in [1.29, 1.82) is 0 Å². The maximum atomic E-state index is 13.3. The first kappa shape index (κ1) is 15.2. The van der Waals surface area contributed by atoms with E-state index in [0.717, 1.165) is 5.69 Å². The molecule has 1 aromatic carbocycles. The van der Waals surface area contributed by atoms with E-state index in [1.807, 2.05) is 11.9 Å². The zero-order valence-corrected chi connectivity index (χ0v) is 12.3. The van der Waals surface area contributed by atoms with Crippen molar-refractivity contribution in [2.45, 2.75) is 18.4 Å². The van der Waals surface area contributed by atoms with Crippen molar-refractivity contribution >= 4 is 22.9 Å². The minimum atomic E-state index is -0.797. The third-order valence-corrected chi connectivity index (χ3v) is 3.81. The highest BCUT2D eigenvalue weighted by Gasteiger charge is 2.31. The largest absolute Gasteiger partial charge is 0.389 e. The molecule has 1 saturated heterocycles. The number of aliphatic hydroxyl groups is 1. The summed E-state index contributed by atoms with van der Waals surface area (Å²) in [6, 6.07) is 4.32. The maximum absolute atomic E-state index is 13.3. The smallest absolute Gasteiger partial charge is 0.124 e. The predicted octanol–water partition coefficient (Wildman–Crippen LogP) is 1.44. The van der Waals surface area contributed by atoms with E-state index in [1.54, 1.807) is 6.07 Å². The second-order valence-corrected chi connectivity index (χ2v) is 5.66. The van der Waals surface area contributed by atoms with Gasteiger partial charge in [0.25, 0.3) is 0 Å². The molecule has 1 aliphatic rings. The molecule has 1 fully saturated rings. The number of thiocarbonyl (C=S) groups is 1. The highest BCUT2D eigenvalue weighted by Crippen LogP contribution is 2.26. The first-order valence-corrected chi connectivity index (χ1v) is 6.93. The quantitative estimate of drug-likeness (QED) is 0.824. The molecule has 0 amide bonds. The van der Waals surface area contributed by atoms with Crippen molar-refractivity contribution in [2.75, 3.05) is 31.7 Å². The SMILES string of the molecule is CN(CC1(O)CCOCC1)c1ccc(F)cc1C(N)=S. The lowest BCUT2D eigenvalue weighted by atomic mass is 9.93. The number of hydrogen-bond donors (Lipinski definition) is 2. The second kappa shape index (κ2) is 6.03. The van der Waals surface area contributed by atoms with Crippen LogP contribution in [0.5, 0.6) is 0 Å². The number of nitrogens with zero attached hydrogens (tertiary/aromatic N) is 1. The summed E-state index contributed by atoms with van der Waals surface area (Å²) in [5, 5.41) is 10.5. The van der Waals surface area contributed by atoms with Gasteiger partial charge in [-0.2, -0.15) is 0 Å². The van der Waals surface area contributed by atoms with E-state index < -0.39 is 5.60 Å². The van der Waals surface area contributed by atoms with Crippen LogP contribution in [0.15, 0.2) is 18.2 Å². The number of ether oxygens (including phenoxy) is 1. The summed E-state index contributed by atoms with van der Waals surface area (Å²) in [6.07, 6.45) is 1.17. The summed E-state index contributed by atoms with van der Waals surface area (Å²) in [6.45, 7) is 1.53. The lowest BCUT2D eigenvalue weighted by Crippen LogP contribution is -2.46. The van der Waals surface area contributed by atoms with Gasteiger partial charge in [-0.05, 0) is 18.2 Å². The average Bonchev–Trinajstić information content (AvgIpc) is 2.38. The number of nitrogens with two attached hydrogens (primary N) is 1. The van der Waals surface area contributed by atoms with E-state index in [1.165, 1.54) is 12.1 Å². The predicted molar refractivity (Wildman–Crippen MR) is 80.6 cm³/mol. The molecule has 0 unspecified atom stereocenters. The van der Waals surface area contributed by atoms with E-state index in [0.29, 0.717) is 38.2 Å². The lowest BCUT2D eigenvalue weighted by Gasteiger charge is -2.36. The molecule has 4 nitrogen and oxygen atoms in total. The van der Waals surface area contributed by atoms with Crippen LogP contribution in [-0.4, -0.2) is 42.5 Å². The molecule has 3 N–H and O–H groups in total. The normalized spacial score (nSPS) is 17.8. The van der Waals surface area contributed by atoms with Gasteiger partial charge in [-0.1, -0.05) is 12.2 Å². The molecule has 20 heavy (non-hydrogen) atoms. The number of hydrogen-bond acceptors (Lipinski definition) is 4. The van der Waals surface area contributed by atoms with Crippen molar-refractivity contribution in [3.63, 3.8) is 0 Å². The number of benzene rings is 1. The van der Waals surface area contributed by atoms with E-state index in [-0.39, 0.29) is 10.8 Å². The minimum absolute atomic E-state index is 0.144. The van der Waals surface area contributed by atoms with Gasteiger partial charge in [0, 0.05) is 50.9 Å². The molecule has 110 valence electrons. The lowest BCUT2D eigenvalue weighted by molar-refractivity contribution is -0.0572. The monoisotopic (exact) mass is 298 g/mol. The molecule has 1 aliphatic heterocycles. The Hall–Kier alpha value is -1.24. The summed E-state index contributed by atoms with van der Waals surface area (Å²) < 4.78 is 18.6. The van der Waals surface area contributed by atoms with Crippen LogP contribution in [0.4, 0.5) is 10.1 Å². The Morgan fingerprint density at radius 1 is 1.50 bits per heavy atom. The third kappa shape index (κ3) is 3.45. The molecule has 2 rings (SSSR count). The van der Waals surface area contributed by atoms with Crippen LogP contribution in [0.3, 0.4) is 0 Å². The van der Waals surface area contributed by atoms with Crippen LogP contribution >= 0.6 is 12.2 Å². The Bertz CT molecular complexity index is 504. The van der Waals surface area contributed by atoms with Gasteiger partial charge in [-0.3, -0.25) is 0 Å². The fourth-order valence-electron chi connectivity index (χ4n) is 2.47. The topological polar surface area (TPSA) is 58.7 Å². The summed E-state index contributed by atoms with van der Waals surface area (Å²) in [7, 11) is 1.84. The summed E-state index contributed by atoms with van der Waals surface area (Å²) >= 11 is 4.96. The van der Waals surface area contributed by atoms with Gasteiger partial charge in [0.15, 0.2) is 0 Å². The van der Waals surface area contributed by atoms with Crippen LogP contribution in [0.25, 0.3) is 0 Å². The Kier molecular flexibility index (Phi) is 4.57. The van der Waals surface area contributed by atoms with E-state index in [4.69, 9.17) is 22.7 Å². The highest BCUT2D eigenvalue weighted by atomic mass is 32.1. The fourth-order valence-corrected chi connectivity index (χ4v) is 2.64. The minimum Gasteiger partial charge on any atom is -0.389 e. The summed E-state index contributed by atoms with van der Waals surface area (Å²) in [5.74, 6) is -0.380. The standard InChI is InChI=1S/C14H19FN2O2S/c1-17(9-14(18)4-6-19-7-5-14)12-3-2-10(15)8-11(12)13(16)20/h2-3,8,18H,4-7,9H2,1H3,(H2,16,20). The van der Waals surface area contributed by atoms with Gasteiger partial charge in [-0.15, -0.1) is 0 Å². The van der Waals surface area contributed by atoms with Crippen molar-refractivity contribution < 1.29 is 14.2 Å². The Morgan fingerprint density at radius 2 is 2.15 bits per heavy atom. The zero-order valence-electron chi connectivity index (χ0n) is 11.4. The van der Waals surface area contributed by atoms with Crippen molar-refractivity contribution in [3.05, 3.63) is 29.6 Å². The Balaban J connectivity index is 2.20. The van der Waals surface area contributed by atoms with E-state index in [2.05, 4.69) is 0 Å². The van der Waals surface area contributed by atoms with Gasteiger partial charge < -0.3 is 20.5 Å². The van der Waals surface area contributed by atoms with Gasteiger partial charge >= 0.3 is 0 Å². The van der Waals surface area contributed by atoms with Crippen LogP contribution in [0.1, 0.15) is 18.4 Å². The molecule has 0 aromatic heterocycles. The number of anilines is 1. The van der Waals surface area contributed by atoms with E-state index >= 15 is 0 Å². The molecule has 0 saturated carbocycles. The molecule has 0 atom stereocenters. The molecule has 1 aromatic rings. The number of halogens is 1. The number of rotatable bonds is 4. The van der Waals surface area contributed by atoms with Crippen molar-refractivity contribution in [3.8, 4) is 0 Å². The second-order valence-electron chi connectivity index (χ2n) is 5.22. The Morgan fingerprint density at radius 3 is 2.75 bits per heavy atom. The molecule has 0 aliphatic carbocycles. The molecular formula is C14H19FN2O2S. The third-order valence-electron chi connectivity index (χ3n) is 3.59. The van der Waals surface area contributed by atoms with Gasteiger partial charge in [0.2, 0.25) is 0 Å². The summed E-state index contributed by atoms with van der Waals surface area (Å²) in [4.78, 5) is 2.00. The Labute approximate surface area is 123 Å². The number of likely N-dealkylation sites (N-methyl/N-ethyl adjacent to an activating group) is 1. The average molecular weight is 298 g/mol. The van der Waals surface area contributed by atoms with E-state index in [9.17, 15) is 9.50 Å². The van der Waals surface area contributed by atoms with Crippen molar-refractivity contribution in [2.24, 2.45) is 5.73 Å². The molecule has 0 radical (unpaired) electrons. The van der Waals surface area contributed by atoms with Crippen molar-refractivity contribution in [1.82, 2.24) is 0 Å². The molecule has 6 heteroatoms. The first-order valence-electron chi connectivity index (χ1n) is 6.52. The van der Waals surface area contributed by atoms with Crippen LogP contribution in [0.2, 0.25) is 0 Å². The van der Waals surface area contributed by atoms with Crippen LogP contribution in [-0.2, 0) is 4.74 Å². The summed E-state index contributed by atoms with van der Waals surface area (Å²) in [5.41, 5.74) is 6.05. The van der Waals surface area contributed by atoms with Gasteiger partial charge in [0.1, 0.15) is 10.8 Å². The fraction of sp³-hybridized carbons (Fsp3) is 0.500. The molecule has 0 spiro atoms. The van der Waals surface area contributed by atoms with Gasteiger partial charge in [-0.25, -0.2) is 4.39 Å².